The van der Waals surface area contributed by atoms with Gasteiger partial charge < -0.3 is 4.74 Å². The smallest absolute Gasteiger partial charge is 0.338 e. The van der Waals surface area contributed by atoms with E-state index >= 15 is 0 Å². The van der Waals surface area contributed by atoms with Gasteiger partial charge in [0.2, 0.25) is 0 Å². The van der Waals surface area contributed by atoms with E-state index in [0.717, 1.165) is 0 Å². The number of ether oxygens (including phenoxy) is 1. The highest BCUT2D eigenvalue weighted by Crippen LogP contribution is 2.36. The standard InChI is InChI=1S/C6H8F6O/c1-5(9,10)3(13-2)6(11,12)4(7)8/h3-4H,1-2H3. The molecule has 0 aliphatic heterocycles. The highest BCUT2D eigenvalue weighted by Gasteiger charge is 2.58. The van der Waals surface area contributed by atoms with Crippen molar-refractivity contribution in [1.82, 2.24) is 0 Å². The summed E-state index contributed by atoms with van der Waals surface area (Å²) in [5.74, 6) is -8.87. The summed E-state index contributed by atoms with van der Waals surface area (Å²) in [6.45, 7) is 0.0947. The number of hydrogen-bond acceptors (Lipinski definition) is 1. The fraction of sp³-hybridized carbons (Fsp3) is 1.00. The summed E-state index contributed by atoms with van der Waals surface area (Å²) in [5, 5.41) is 0. The van der Waals surface area contributed by atoms with Crippen LogP contribution in [0.3, 0.4) is 0 Å². The molecule has 0 fully saturated rings. The predicted molar refractivity (Wildman–Crippen MR) is 32.4 cm³/mol. The van der Waals surface area contributed by atoms with Crippen molar-refractivity contribution in [2.75, 3.05) is 7.11 Å². The van der Waals surface area contributed by atoms with Crippen LogP contribution in [0.5, 0.6) is 0 Å². The van der Waals surface area contributed by atoms with Gasteiger partial charge in [0.1, 0.15) is 0 Å². The summed E-state index contributed by atoms with van der Waals surface area (Å²) in [6.07, 6.45) is -7.29. The first-order valence-electron chi connectivity index (χ1n) is 3.20. The van der Waals surface area contributed by atoms with Crippen molar-refractivity contribution >= 4 is 0 Å². The monoisotopic (exact) mass is 210 g/mol. The van der Waals surface area contributed by atoms with Crippen LogP contribution in [0.1, 0.15) is 6.92 Å². The molecule has 0 aromatic heterocycles. The van der Waals surface area contributed by atoms with Crippen molar-refractivity contribution in [3.63, 3.8) is 0 Å². The molecule has 80 valence electrons. The average Bonchev–Trinajstić information content (AvgIpc) is 1.83. The minimum Gasteiger partial charge on any atom is -0.369 e. The van der Waals surface area contributed by atoms with Gasteiger partial charge in [-0.1, -0.05) is 0 Å². The molecule has 0 aliphatic rings. The molecule has 7 heteroatoms. The maximum absolute atomic E-state index is 12.4. The molecule has 0 heterocycles. The zero-order valence-corrected chi connectivity index (χ0v) is 6.83. The molecule has 1 atom stereocenters. The van der Waals surface area contributed by atoms with E-state index in [0.29, 0.717) is 7.11 Å². The third-order valence-corrected chi connectivity index (χ3v) is 1.34. The zero-order valence-electron chi connectivity index (χ0n) is 6.83. The third kappa shape index (κ3) is 2.75. The van der Waals surface area contributed by atoms with Gasteiger partial charge >= 0.3 is 12.3 Å². The van der Waals surface area contributed by atoms with E-state index in [1.54, 1.807) is 0 Å². The van der Waals surface area contributed by atoms with Crippen molar-refractivity contribution in [3.05, 3.63) is 0 Å². The lowest BCUT2D eigenvalue weighted by Gasteiger charge is -2.29. The van der Waals surface area contributed by atoms with Gasteiger partial charge in [-0.2, -0.15) is 8.78 Å². The number of methoxy groups -OCH3 is 1. The lowest BCUT2D eigenvalue weighted by atomic mass is 10.1. The molecule has 0 saturated carbocycles. The minimum absolute atomic E-state index is 0.0947. The SMILES string of the molecule is COC(C(C)(F)F)C(F)(F)C(F)F. The predicted octanol–water partition coefficient (Wildman–Crippen LogP) is 2.56. The topological polar surface area (TPSA) is 9.23 Å². The number of rotatable bonds is 4. The van der Waals surface area contributed by atoms with E-state index in [4.69, 9.17) is 0 Å². The van der Waals surface area contributed by atoms with Crippen molar-refractivity contribution in [2.24, 2.45) is 0 Å². The highest BCUT2D eigenvalue weighted by atomic mass is 19.3. The molecule has 0 amide bonds. The highest BCUT2D eigenvalue weighted by molar-refractivity contribution is 4.88. The maximum Gasteiger partial charge on any atom is 0.338 e. The molecular weight excluding hydrogens is 202 g/mol. The molecule has 0 aromatic carbocycles. The Morgan fingerprint density at radius 1 is 1.08 bits per heavy atom. The van der Waals surface area contributed by atoms with Gasteiger partial charge in [-0.05, 0) is 0 Å². The van der Waals surface area contributed by atoms with Crippen LogP contribution in [0.4, 0.5) is 26.3 Å². The van der Waals surface area contributed by atoms with Crippen LogP contribution in [-0.4, -0.2) is 31.5 Å². The Balaban J connectivity index is 4.77. The van der Waals surface area contributed by atoms with E-state index in [1.807, 2.05) is 0 Å². The minimum atomic E-state index is -4.85. The van der Waals surface area contributed by atoms with Crippen molar-refractivity contribution in [2.45, 2.75) is 31.3 Å². The Kier molecular flexibility index (Phi) is 3.60. The molecule has 0 radical (unpaired) electrons. The van der Waals surface area contributed by atoms with Crippen molar-refractivity contribution in [3.8, 4) is 0 Å². The summed E-state index contributed by atoms with van der Waals surface area (Å²) in [7, 11) is 0.526. The zero-order chi connectivity index (χ0) is 10.9. The van der Waals surface area contributed by atoms with Crippen LogP contribution in [0.25, 0.3) is 0 Å². The summed E-state index contributed by atoms with van der Waals surface area (Å²) < 4.78 is 76.2. The van der Waals surface area contributed by atoms with Gasteiger partial charge in [0, 0.05) is 14.0 Å². The van der Waals surface area contributed by atoms with E-state index in [1.165, 1.54) is 0 Å². The Labute approximate surface area is 70.7 Å². The van der Waals surface area contributed by atoms with Crippen LogP contribution in [0.15, 0.2) is 0 Å². The molecule has 1 nitrogen and oxygen atoms in total. The van der Waals surface area contributed by atoms with Gasteiger partial charge in [0.15, 0.2) is 6.10 Å². The normalized spacial score (nSPS) is 16.4. The number of hydrogen-bond donors (Lipinski definition) is 0. The summed E-state index contributed by atoms with van der Waals surface area (Å²) >= 11 is 0. The molecule has 0 spiro atoms. The molecular formula is C6H8F6O. The molecule has 0 rings (SSSR count). The maximum atomic E-state index is 12.4. The Morgan fingerprint density at radius 3 is 1.54 bits per heavy atom. The Hall–Kier alpha value is -0.460. The molecule has 0 saturated heterocycles. The average molecular weight is 210 g/mol. The third-order valence-electron chi connectivity index (χ3n) is 1.34. The molecule has 0 N–H and O–H groups in total. The molecule has 0 bridgehead atoms. The quantitative estimate of drug-likeness (QED) is 0.648. The van der Waals surface area contributed by atoms with E-state index in [-0.39, 0.29) is 6.92 Å². The lowest BCUT2D eigenvalue weighted by molar-refractivity contribution is -0.258. The van der Waals surface area contributed by atoms with Gasteiger partial charge in [-0.15, -0.1) is 0 Å². The fourth-order valence-corrected chi connectivity index (χ4v) is 0.816. The van der Waals surface area contributed by atoms with E-state index in [2.05, 4.69) is 4.74 Å². The first-order chi connectivity index (χ1) is 5.64. The van der Waals surface area contributed by atoms with Crippen LogP contribution in [-0.2, 0) is 4.74 Å². The summed E-state index contributed by atoms with van der Waals surface area (Å²) in [4.78, 5) is 0. The molecule has 0 aromatic rings. The van der Waals surface area contributed by atoms with Crippen LogP contribution >= 0.6 is 0 Å². The van der Waals surface area contributed by atoms with Gasteiger partial charge in [-0.25, -0.2) is 17.6 Å². The lowest BCUT2D eigenvalue weighted by Crippen LogP contribution is -2.51. The second-order valence-corrected chi connectivity index (χ2v) is 2.55. The Morgan fingerprint density at radius 2 is 1.46 bits per heavy atom. The van der Waals surface area contributed by atoms with Crippen LogP contribution in [0.2, 0.25) is 0 Å². The van der Waals surface area contributed by atoms with Gasteiger partial charge in [0.05, 0.1) is 0 Å². The molecule has 13 heavy (non-hydrogen) atoms. The van der Waals surface area contributed by atoms with Crippen molar-refractivity contribution in [1.29, 1.82) is 0 Å². The van der Waals surface area contributed by atoms with E-state index < -0.39 is 24.4 Å². The molecule has 0 aliphatic carbocycles. The largest absolute Gasteiger partial charge is 0.369 e. The number of alkyl halides is 6. The van der Waals surface area contributed by atoms with E-state index in [9.17, 15) is 26.3 Å². The van der Waals surface area contributed by atoms with Crippen LogP contribution in [0, 0.1) is 0 Å². The van der Waals surface area contributed by atoms with Gasteiger partial charge in [0.25, 0.3) is 5.92 Å². The number of halogens is 6. The summed E-state index contributed by atoms with van der Waals surface area (Å²) in [6, 6.07) is 0. The Bertz CT molecular complexity index is 163. The summed E-state index contributed by atoms with van der Waals surface area (Å²) in [5.41, 5.74) is 0. The fourth-order valence-electron chi connectivity index (χ4n) is 0.816. The first-order valence-corrected chi connectivity index (χ1v) is 3.20. The van der Waals surface area contributed by atoms with Gasteiger partial charge in [-0.3, -0.25) is 0 Å². The second kappa shape index (κ2) is 3.73. The van der Waals surface area contributed by atoms with Crippen LogP contribution < -0.4 is 0 Å². The van der Waals surface area contributed by atoms with Crippen molar-refractivity contribution < 1.29 is 31.1 Å². The molecule has 1 unspecified atom stereocenters. The second-order valence-electron chi connectivity index (χ2n) is 2.55. The first kappa shape index (κ1) is 12.5.